The molecule has 0 bridgehead atoms. The van der Waals surface area contributed by atoms with E-state index in [2.05, 4.69) is 22.0 Å². The zero-order valence-corrected chi connectivity index (χ0v) is 18.5. The number of nitrogens with two attached hydrogens (primary N) is 1. The summed E-state index contributed by atoms with van der Waals surface area (Å²) >= 11 is 0. The number of anilines is 2. The molecule has 0 radical (unpaired) electrons. The zero-order chi connectivity index (χ0) is 22.5. The van der Waals surface area contributed by atoms with Gasteiger partial charge in [-0.15, -0.1) is 0 Å². The minimum Gasteiger partial charge on any atom is -0.383 e. The maximum absolute atomic E-state index is 12.7. The van der Waals surface area contributed by atoms with Crippen molar-refractivity contribution in [1.82, 2.24) is 19.7 Å². The van der Waals surface area contributed by atoms with E-state index in [9.17, 15) is 9.59 Å². The van der Waals surface area contributed by atoms with Crippen molar-refractivity contribution in [1.29, 1.82) is 0 Å². The van der Waals surface area contributed by atoms with Gasteiger partial charge in [0.2, 0.25) is 11.7 Å². The fourth-order valence-electron chi connectivity index (χ4n) is 3.35. The van der Waals surface area contributed by atoms with Gasteiger partial charge >= 0.3 is 5.69 Å². The number of rotatable bonds is 9. The second-order valence-electron chi connectivity index (χ2n) is 8.15. The normalized spacial score (nSPS) is 11.3. The fraction of sp³-hybridized carbons (Fsp3) is 0.455. The van der Waals surface area contributed by atoms with E-state index in [1.807, 2.05) is 45.0 Å². The third-order valence-electron chi connectivity index (χ3n) is 4.96. The summed E-state index contributed by atoms with van der Waals surface area (Å²) in [7, 11) is 0. The number of hydrogen-bond acceptors (Lipinski definition) is 7. The number of nitrogens with zero attached hydrogens (tertiary/aromatic N) is 4. The molecule has 1 aromatic carbocycles. The molecule has 0 saturated heterocycles. The van der Waals surface area contributed by atoms with Crippen LogP contribution in [0.1, 0.15) is 45.1 Å². The van der Waals surface area contributed by atoms with E-state index >= 15 is 0 Å². The molecule has 0 fully saturated rings. The Morgan fingerprint density at radius 1 is 1.23 bits per heavy atom. The monoisotopic (exact) mass is 426 g/mol. The molecular formula is C22H30N6O3. The Bertz CT molecular complexity index is 1130. The molecule has 0 saturated carbocycles. The van der Waals surface area contributed by atoms with Crippen LogP contribution in [0.25, 0.3) is 11.4 Å². The highest BCUT2D eigenvalue weighted by Crippen LogP contribution is 2.22. The van der Waals surface area contributed by atoms with Crippen LogP contribution in [-0.4, -0.2) is 26.2 Å². The molecule has 3 N–H and O–H groups in total. The predicted octanol–water partition coefficient (Wildman–Crippen LogP) is 2.94. The largest absolute Gasteiger partial charge is 0.383 e. The van der Waals surface area contributed by atoms with Crippen LogP contribution >= 0.6 is 0 Å². The highest BCUT2D eigenvalue weighted by atomic mass is 16.5. The number of benzene rings is 1. The molecule has 3 rings (SSSR count). The highest BCUT2D eigenvalue weighted by molar-refractivity contribution is 5.62. The van der Waals surface area contributed by atoms with Gasteiger partial charge in [0.25, 0.3) is 5.56 Å². The summed E-state index contributed by atoms with van der Waals surface area (Å²) < 4.78 is 6.86. The van der Waals surface area contributed by atoms with Crippen LogP contribution < -0.4 is 21.9 Å². The van der Waals surface area contributed by atoms with E-state index in [0.717, 1.165) is 24.0 Å². The van der Waals surface area contributed by atoms with Crippen LogP contribution in [0.5, 0.6) is 0 Å². The van der Waals surface area contributed by atoms with E-state index in [1.165, 1.54) is 4.57 Å². The van der Waals surface area contributed by atoms with E-state index in [1.54, 1.807) is 4.90 Å². The number of nitrogen functional groups attached to an aromatic ring is 1. The van der Waals surface area contributed by atoms with Gasteiger partial charge in [-0.25, -0.2) is 4.79 Å². The molecule has 0 atom stereocenters. The topological polar surface area (TPSA) is 123 Å². The van der Waals surface area contributed by atoms with Gasteiger partial charge in [0.15, 0.2) is 0 Å². The number of H-pyrrole nitrogens is 1. The molecule has 9 nitrogen and oxygen atoms in total. The van der Waals surface area contributed by atoms with Crippen molar-refractivity contribution in [2.75, 3.05) is 17.2 Å². The van der Waals surface area contributed by atoms with Crippen molar-refractivity contribution in [2.24, 2.45) is 5.92 Å². The first-order valence-electron chi connectivity index (χ1n) is 10.6. The quantitative estimate of drug-likeness (QED) is 0.539. The smallest absolute Gasteiger partial charge is 0.330 e. The average Bonchev–Trinajstić information content (AvgIpc) is 3.18. The second-order valence-corrected chi connectivity index (χ2v) is 8.15. The molecule has 0 aliphatic heterocycles. The molecule has 166 valence electrons. The summed E-state index contributed by atoms with van der Waals surface area (Å²) in [4.78, 5) is 33.7. The van der Waals surface area contributed by atoms with Gasteiger partial charge in [0, 0.05) is 18.7 Å². The summed E-state index contributed by atoms with van der Waals surface area (Å²) in [6, 6.07) is 7.83. The van der Waals surface area contributed by atoms with Gasteiger partial charge in [-0.3, -0.25) is 14.3 Å². The van der Waals surface area contributed by atoms with Crippen molar-refractivity contribution in [2.45, 2.75) is 53.6 Å². The second kappa shape index (κ2) is 9.63. The molecule has 3 aromatic rings. The first-order chi connectivity index (χ1) is 14.8. The SMILES string of the molecule is CCCCN(Cc1nc(-c2ccc(C)cc2)no1)c1c(N)n(CC(C)C)c(=O)[nH]c1=O. The molecule has 31 heavy (non-hydrogen) atoms. The molecular weight excluding hydrogens is 396 g/mol. The lowest BCUT2D eigenvalue weighted by atomic mass is 10.1. The van der Waals surface area contributed by atoms with Crippen LogP contribution in [0, 0.1) is 12.8 Å². The molecule has 0 aliphatic carbocycles. The van der Waals surface area contributed by atoms with Gasteiger partial charge in [0.1, 0.15) is 11.5 Å². The van der Waals surface area contributed by atoms with Crippen molar-refractivity contribution >= 4 is 11.5 Å². The number of aromatic nitrogens is 4. The van der Waals surface area contributed by atoms with Crippen LogP contribution in [-0.2, 0) is 13.1 Å². The lowest BCUT2D eigenvalue weighted by Crippen LogP contribution is -2.39. The van der Waals surface area contributed by atoms with E-state index in [-0.39, 0.29) is 24.0 Å². The van der Waals surface area contributed by atoms with Gasteiger partial charge in [-0.05, 0) is 19.3 Å². The predicted molar refractivity (Wildman–Crippen MR) is 121 cm³/mol. The van der Waals surface area contributed by atoms with E-state index in [4.69, 9.17) is 10.3 Å². The third-order valence-corrected chi connectivity index (χ3v) is 4.96. The zero-order valence-electron chi connectivity index (χ0n) is 18.5. The number of nitrogens with one attached hydrogen (secondary N) is 1. The van der Waals surface area contributed by atoms with Crippen LogP contribution in [0.4, 0.5) is 11.5 Å². The molecule has 0 unspecified atom stereocenters. The van der Waals surface area contributed by atoms with Crippen LogP contribution in [0.3, 0.4) is 0 Å². The van der Waals surface area contributed by atoms with Crippen molar-refractivity contribution < 1.29 is 4.52 Å². The highest BCUT2D eigenvalue weighted by Gasteiger charge is 2.21. The summed E-state index contributed by atoms with van der Waals surface area (Å²) in [5, 5.41) is 4.07. The first-order valence-corrected chi connectivity index (χ1v) is 10.6. The van der Waals surface area contributed by atoms with Gasteiger partial charge in [0.05, 0.1) is 6.54 Å². The standard InChI is InChI=1S/C22H30N6O3/c1-5-6-11-27(18-19(23)28(12-14(2)3)22(30)25-21(18)29)13-17-24-20(26-31-17)16-9-7-15(4)8-10-16/h7-10,14H,5-6,11-13,23H2,1-4H3,(H,25,29,30). The maximum atomic E-state index is 12.7. The molecule has 0 aliphatic rings. The minimum absolute atomic E-state index is 0.150. The Kier molecular flexibility index (Phi) is 6.94. The third kappa shape index (κ3) is 5.22. The minimum atomic E-state index is -0.517. The first kappa shape index (κ1) is 22.3. The van der Waals surface area contributed by atoms with Crippen molar-refractivity contribution in [3.8, 4) is 11.4 Å². The Labute approximate surface area is 180 Å². The van der Waals surface area contributed by atoms with Gasteiger partial charge < -0.3 is 15.2 Å². The Hall–Kier alpha value is -3.36. The molecule has 0 amide bonds. The van der Waals surface area contributed by atoms with E-state index in [0.29, 0.717) is 24.8 Å². The van der Waals surface area contributed by atoms with Gasteiger partial charge in [-0.2, -0.15) is 4.98 Å². The lowest BCUT2D eigenvalue weighted by Gasteiger charge is -2.25. The average molecular weight is 427 g/mol. The van der Waals surface area contributed by atoms with Gasteiger partial charge in [-0.1, -0.05) is 62.2 Å². The Morgan fingerprint density at radius 2 is 1.94 bits per heavy atom. The summed E-state index contributed by atoms with van der Waals surface area (Å²) in [6.45, 7) is 9.23. The maximum Gasteiger partial charge on any atom is 0.330 e. The Balaban J connectivity index is 1.96. The van der Waals surface area contributed by atoms with Crippen molar-refractivity contribution in [3.05, 3.63) is 56.6 Å². The number of aromatic amines is 1. The van der Waals surface area contributed by atoms with Crippen LogP contribution in [0.15, 0.2) is 38.4 Å². The molecule has 2 aromatic heterocycles. The Morgan fingerprint density at radius 3 is 2.58 bits per heavy atom. The summed E-state index contributed by atoms with van der Waals surface area (Å²) in [5.41, 5.74) is 7.53. The number of aryl methyl sites for hydroxylation is 1. The number of hydrogen-bond donors (Lipinski definition) is 2. The fourth-order valence-corrected chi connectivity index (χ4v) is 3.35. The summed E-state index contributed by atoms with van der Waals surface area (Å²) in [6.07, 6.45) is 1.76. The van der Waals surface area contributed by atoms with E-state index < -0.39 is 11.2 Å². The lowest BCUT2D eigenvalue weighted by molar-refractivity contribution is 0.376. The number of unbranched alkanes of at least 4 members (excludes halogenated alkanes) is 1. The molecule has 9 heteroatoms. The van der Waals surface area contributed by atoms with Crippen LogP contribution in [0.2, 0.25) is 0 Å². The molecule has 2 heterocycles. The molecule has 0 spiro atoms. The summed E-state index contributed by atoms with van der Waals surface area (Å²) in [5.74, 6) is 1.19. The van der Waals surface area contributed by atoms with Crippen molar-refractivity contribution in [3.63, 3.8) is 0 Å².